The number of thioether (sulfide) groups is 1. The van der Waals surface area contributed by atoms with E-state index in [9.17, 15) is 29.7 Å². The van der Waals surface area contributed by atoms with Crippen LogP contribution in [0, 0.1) is 5.92 Å². The summed E-state index contributed by atoms with van der Waals surface area (Å²) in [5.74, 6) is -2.62. The van der Waals surface area contributed by atoms with E-state index in [4.69, 9.17) is 19.7 Å². The number of ether oxygens (including phenoxy) is 2. The summed E-state index contributed by atoms with van der Waals surface area (Å²) in [5.41, 5.74) is 0. The molecule has 1 aliphatic heterocycles. The molecule has 0 saturated carbocycles. The van der Waals surface area contributed by atoms with Crippen molar-refractivity contribution in [3.63, 3.8) is 0 Å². The van der Waals surface area contributed by atoms with E-state index in [-0.39, 0.29) is 24.5 Å². The van der Waals surface area contributed by atoms with E-state index in [1.54, 1.807) is 6.26 Å². The zero-order chi connectivity index (χ0) is 22.8. The van der Waals surface area contributed by atoms with Crippen molar-refractivity contribution in [2.75, 3.05) is 38.8 Å². The summed E-state index contributed by atoms with van der Waals surface area (Å²) in [7, 11) is 1.50. The molecule has 3 unspecified atom stereocenters. The van der Waals surface area contributed by atoms with Crippen molar-refractivity contribution < 1.29 is 49.4 Å². The lowest BCUT2D eigenvalue weighted by Crippen LogP contribution is -2.59. The van der Waals surface area contributed by atoms with Crippen LogP contribution in [-0.2, 0) is 23.9 Å². The van der Waals surface area contributed by atoms with E-state index in [2.05, 4.69) is 10.6 Å². The average molecular weight is 454 g/mol. The van der Waals surface area contributed by atoms with Gasteiger partial charge in [0.1, 0.15) is 31.0 Å². The molecule has 0 bridgehead atoms. The molecule has 1 amide bonds. The number of Topliss-reactive ketones (excluding diaryl/α,β-unsaturated/α-hetero) is 1. The number of carboxylic acid groups (broad SMARTS) is 1. The van der Waals surface area contributed by atoms with Crippen LogP contribution < -0.4 is 10.6 Å². The number of carboxylic acids is 1. The number of nitrogens with one attached hydrogen (secondary N) is 2. The Morgan fingerprint density at radius 1 is 1.17 bits per heavy atom. The van der Waals surface area contributed by atoms with Gasteiger partial charge in [0.2, 0.25) is 5.91 Å². The zero-order valence-corrected chi connectivity index (χ0v) is 17.6. The molecule has 1 aliphatic rings. The first kappa shape index (κ1) is 26.7. The smallest absolute Gasteiger partial charge is 0.307 e. The summed E-state index contributed by atoms with van der Waals surface area (Å²) in [4.78, 5) is 35.5. The third-order valence-corrected chi connectivity index (χ3v) is 5.37. The summed E-state index contributed by atoms with van der Waals surface area (Å²) in [6, 6.07) is -0.801. The molecular formula is C17H30N2O10S. The molecule has 1 rings (SSSR count). The molecule has 0 radical (unpaired) electrons. The number of aliphatic hydroxyl groups excluding tert-OH is 4. The van der Waals surface area contributed by atoms with Crippen molar-refractivity contribution in [2.24, 2.45) is 5.92 Å². The molecule has 1 heterocycles. The number of aliphatic hydroxyl groups is 4. The van der Waals surface area contributed by atoms with Crippen molar-refractivity contribution in [2.45, 2.75) is 43.2 Å². The lowest BCUT2D eigenvalue weighted by molar-refractivity contribution is -0.299. The van der Waals surface area contributed by atoms with Crippen LogP contribution in [0.5, 0.6) is 0 Å². The average Bonchev–Trinajstić information content (AvgIpc) is 2.71. The molecule has 13 heteroatoms. The van der Waals surface area contributed by atoms with Gasteiger partial charge in [0.05, 0.1) is 18.6 Å². The van der Waals surface area contributed by atoms with Crippen LogP contribution >= 0.6 is 11.8 Å². The highest BCUT2D eigenvalue weighted by molar-refractivity contribution is 7.98. The van der Waals surface area contributed by atoms with Crippen molar-refractivity contribution in [3.8, 4) is 0 Å². The first-order valence-electron chi connectivity index (χ1n) is 9.26. The molecule has 12 nitrogen and oxygen atoms in total. The van der Waals surface area contributed by atoms with Crippen LogP contribution in [0.1, 0.15) is 6.42 Å². The Labute approximate surface area is 177 Å². The zero-order valence-electron chi connectivity index (χ0n) is 16.8. The number of aliphatic carboxylic acids is 1. The highest BCUT2D eigenvalue weighted by Crippen LogP contribution is 2.21. The third-order valence-electron chi connectivity index (χ3n) is 4.63. The van der Waals surface area contributed by atoms with Gasteiger partial charge < -0.3 is 45.6 Å². The Hall–Kier alpha value is -1.32. The van der Waals surface area contributed by atoms with E-state index in [0.717, 1.165) is 0 Å². The monoisotopic (exact) mass is 454 g/mol. The summed E-state index contributed by atoms with van der Waals surface area (Å²) in [5, 5.41) is 52.7. The molecular weight excluding hydrogens is 424 g/mol. The van der Waals surface area contributed by atoms with Crippen LogP contribution in [-0.4, -0.2) is 119 Å². The van der Waals surface area contributed by atoms with Crippen molar-refractivity contribution in [1.82, 2.24) is 10.6 Å². The summed E-state index contributed by atoms with van der Waals surface area (Å²) in [6.45, 7) is -1.33. The number of hydrogen-bond acceptors (Lipinski definition) is 11. The molecule has 1 saturated heterocycles. The molecule has 30 heavy (non-hydrogen) atoms. The van der Waals surface area contributed by atoms with Gasteiger partial charge in [-0.1, -0.05) is 0 Å². The van der Waals surface area contributed by atoms with E-state index in [1.165, 1.54) is 18.8 Å². The van der Waals surface area contributed by atoms with Crippen LogP contribution in [0.25, 0.3) is 0 Å². The van der Waals surface area contributed by atoms with Gasteiger partial charge in [0, 0.05) is 18.7 Å². The van der Waals surface area contributed by atoms with E-state index in [0.29, 0.717) is 0 Å². The standard InChI is InChI=1S/C17H30N2O10S/c1-18-9(10(21)3-8(7-30-2)16(26)27)4-19-12(22)6-28-17-15(25)14(24)13(23)11(5-20)29-17/h8-9,11,13-15,17-18,20,23-25H,3-7H2,1-2H3,(H,19,22)(H,26,27)/t8-,9+,11?,13?,14+,15-,17?/m1/s1. The number of amides is 1. The summed E-state index contributed by atoms with van der Waals surface area (Å²) >= 11 is 1.32. The Morgan fingerprint density at radius 2 is 1.83 bits per heavy atom. The second-order valence-corrected chi connectivity index (χ2v) is 7.73. The molecule has 174 valence electrons. The van der Waals surface area contributed by atoms with Crippen LogP contribution in [0.3, 0.4) is 0 Å². The minimum atomic E-state index is -1.63. The lowest BCUT2D eigenvalue weighted by Gasteiger charge is -2.39. The van der Waals surface area contributed by atoms with Crippen LogP contribution in [0.4, 0.5) is 0 Å². The maximum atomic E-state index is 12.3. The Balaban J connectivity index is 2.50. The van der Waals surface area contributed by atoms with Gasteiger partial charge in [-0.2, -0.15) is 11.8 Å². The van der Waals surface area contributed by atoms with Crippen molar-refractivity contribution >= 4 is 29.4 Å². The number of hydrogen-bond donors (Lipinski definition) is 7. The number of ketones is 1. The molecule has 0 spiro atoms. The summed E-state index contributed by atoms with van der Waals surface area (Å²) < 4.78 is 10.2. The SMILES string of the molecule is CN[C@@H](CNC(=O)COC1OC(CO)C(O)[C@H](O)[C@H]1O)C(=O)C[C@H](CSC)C(=O)O. The van der Waals surface area contributed by atoms with Crippen LogP contribution in [0.15, 0.2) is 0 Å². The molecule has 1 fully saturated rings. The molecule has 7 atom stereocenters. The van der Waals surface area contributed by atoms with E-state index < -0.39 is 67.8 Å². The Bertz CT molecular complexity index is 579. The largest absolute Gasteiger partial charge is 0.481 e. The third kappa shape index (κ3) is 7.74. The van der Waals surface area contributed by atoms with Gasteiger partial charge >= 0.3 is 5.97 Å². The second-order valence-electron chi connectivity index (χ2n) is 6.81. The highest BCUT2D eigenvalue weighted by Gasteiger charge is 2.44. The number of likely N-dealkylation sites (N-methyl/N-ethyl adjacent to an activating group) is 1. The fraction of sp³-hybridized carbons (Fsp3) is 0.824. The van der Waals surface area contributed by atoms with E-state index >= 15 is 0 Å². The van der Waals surface area contributed by atoms with Gasteiger partial charge in [-0.05, 0) is 13.3 Å². The van der Waals surface area contributed by atoms with Crippen molar-refractivity contribution in [1.29, 1.82) is 0 Å². The fourth-order valence-corrected chi connectivity index (χ4v) is 3.47. The van der Waals surface area contributed by atoms with Gasteiger partial charge in [0.15, 0.2) is 12.1 Å². The minimum Gasteiger partial charge on any atom is -0.481 e. The molecule has 0 aromatic carbocycles. The highest BCUT2D eigenvalue weighted by atomic mass is 32.2. The van der Waals surface area contributed by atoms with E-state index in [1.807, 2.05) is 0 Å². The number of carbonyl (C=O) groups is 3. The lowest BCUT2D eigenvalue weighted by atomic mass is 9.99. The van der Waals surface area contributed by atoms with Gasteiger partial charge in [-0.3, -0.25) is 14.4 Å². The topological polar surface area (TPSA) is 195 Å². The summed E-state index contributed by atoms with van der Waals surface area (Å²) in [6.07, 6.45) is -5.85. The van der Waals surface area contributed by atoms with Gasteiger partial charge in [-0.25, -0.2) is 0 Å². The minimum absolute atomic E-state index is 0.113. The van der Waals surface area contributed by atoms with Gasteiger partial charge in [0.25, 0.3) is 0 Å². The maximum Gasteiger partial charge on any atom is 0.307 e. The quantitative estimate of drug-likeness (QED) is 0.145. The van der Waals surface area contributed by atoms with Crippen LogP contribution in [0.2, 0.25) is 0 Å². The van der Waals surface area contributed by atoms with Crippen molar-refractivity contribution in [3.05, 3.63) is 0 Å². The Kier molecular flexibility index (Phi) is 11.7. The fourth-order valence-electron chi connectivity index (χ4n) is 2.81. The first-order chi connectivity index (χ1) is 14.2. The predicted molar refractivity (Wildman–Crippen MR) is 105 cm³/mol. The number of carbonyl (C=O) groups excluding carboxylic acids is 2. The molecule has 0 aromatic rings. The molecule has 0 aromatic heterocycles. The van der Waals surface area contributed by atoms with Gasteiger partial charge in [-0.15, -0.1) is 0 Å². The maximum absolute atomic E-state index is 12.3. The normalized spacial score (nSPS) is 28.5. The molecule has 0 aliphatic carbocycles. The molecule has 7 N–H and O–H groups in total. The number of rotatable bonds is 13. The second kappa shape index (κ2) is 13.2. The first-order valence-corrected chi connectivity index (χ1v) is 10.7. The Morgan fingerprint density at radius 3 is 2.37 bits per heavy atom. The predicted octanol–water partition coefficient (Wildman–Crippen LogP) is -3.47.